The van der Waals surface area contributed by atoms with Crippen molar-refractivity contribution in [3.05, 3.63) is 35.4 Å². The summed E-state index contributed by atoms with van der Waals surface area (Å²) in [6.07, 6.45) is 2.54. The molecule has 1 fully saturated rings. The monoisotopic (exact) mass is 260 g/mol. The maximum Gasteiger partial charge on any atom is 0.222 e. The summed E-state index contributed by atoms with van der Waals surface area (Å²) in [5, 5.41) is 3.36. The van der Waals surface area contributed by atoms with Crippen molar-refractivity contribution in [1.29, 1.82) is 0 Å². The highest BCUT2D eigenvalue weighted by Gasteiger charge is 2.19. The molecule has 1 amide bonds. The van der Waals surface area contributed by atoms with Gasteiger partial charge >= 0.3 is 0 Å². The standard InChI is InChI=1S/C16H24N2O/c1-3-14-4-6-15(7-5-14)8-9-16(19)18-11-10-17-13(2)12-18/h4-7,13,17H,3,8-12H2,1-2H3. The van der Waals surface area contributed by atoms with Crippen LogP contribution in [0, 0.1) is 0 Å². The van der Waals surface area contributed by atoms with E-state index in [4.69, 9.17) is 0 Å². The number of amides is 1. The van der Waals surface area contributed by atoms with Crippen LogP contribution < -0.4 is 5.32 Å². The van der Waals surface area contributed by atoms with Crippen LogP contribution in [0.25, 0.3) is 0 Å². The number of hydrogen-bond donors (Lipinski definition) is 1. The second-order valence-corrected chi connectivity index (χ2v) is 5.36. The first-order chi connectivity index (χ1) is 9.19. The normalized spacial score (nSPS) is 19.5. The molecule has 1 atom stereocenters. The Bertz CT molecular complexity index is 413. The van der Waals surface area contributed by atoms with E-state index in [0.29, 0.717) is 12.5 Å². The zero-order valence-corrected chi connectivity index (χ0v) is 12.0. The van der Waals surface area contributed by atoms with Crippen molar-refractivity contribution in [2.75, 3.05) is 19.6 Å². The smallest absolute Gasteiger partial charge is 0.222 e. The summed E-state index contributed by atoms with van der Waals surface area (Å²) in [6, 6.07) is 9.03. The summed E-state index contributed by atoms with van der Waals surface area (Å²) in [7, 11) is 0. The van der Waals surface area contributed by atoms with Gasteiger partial charge in [0.05, 0.1) is 0 Å². The second-order valence-electron chi connectivity index (χ2n) is 5.36. The van der Waals surface area contributed by atoms with Gasteiger partial charge in [-0.15, -0.1) is 0 Å². The average molecular weight is 260 g/mol. The topological polar surface area (TPSA) is 32.3 Å². The van der Waals surface area contributed by atoms with Crippen molar-refractivity contribution in [2.45, 2.75) is 39.2 Å². The summed E-state index contributed by atoms with van der Waals surface area (Å²) in [5.41, 5.74) is 2.61. The zero-order chi connectivity index (χ0) is 13.7. The summed E-state index contributed by atoms with van der Waals surface area (Å²) in [4.78, 5) is 14.1. The molecular formula is C16H24N2O. The first kappa shape index (κ1) is 14.1. The van der Waals surface area contributed by atoms with Crippen LogP contribution in [-0.2, 0) is 17.6 Å². The lowest BCUT2D eigenvalue weighted by atomic mass is 10.1. The Labute approximate surface area is 116 Å². The van der Waals surface area contributed by atoms with Gasteiger partial charge < -0.3 is 10.2 Å². The van der Waals surface area contributed by atoms with Crippen LogP contribution in [0.1, 0.15) is 31.4 Å². The summed E-state index contributed by atoms with van der Waals surface area (Å²) in [6.45, 7) is 6.89. The van der Waals surface area contributed by atoms with Crippen LogP contribution in [0.5, 0.6) is 0 Å². The van der Waals surface area contributed by atoms with Gasteiger partial charge in [0, 0.05) is 32.1 Å². The van der Waals surface area contributed by atoms with Gasteiger partial charge in [0.25, 0.3) is 0 Å². The van der Waals surface area contributed by atoms with Gasteiger partial charge in [-0.05, 0) is 30.9 Å². The quantitative estimate of drug-likeness (QED) is 0.898. The van der Waals surface area contributed by atoms with Gasteiger partial charge in [0.1, 0.15) is 0 Å². The first-order valence-electron chi connectivity index (χ1n) is 7.28. The highest BCUT2D eigenvalue weighted by atomic mass is 16.2. The van der Waals surface area contributed by atoms with Crippen molar-refractivity contribution in [2.24, 2.45) is 0 Å². The number of hydrogen-bond acceptors (Lipinski definition) is 2. The van der Waals surface area contributed by atoms with Crippen LogP contribution in [0.2, 0.25) is 0 Å². The fraction of sp³-hybridized carbons (Fsp3) is 0.562. The maximum atomic E-state index is 12.1. The Morgan fingerprint density at radius 1 is 1.32 bits per heavy atom. The van der Waals surface area contributed by atoms with Crippen molar-refractivity contribution >= 4 is 5.91 Å². The molecule has 1 aromatic rings. The number of carbonyl (C=O) groups excluding carboxylic acids is 1. The highest BCUT2D eigenvalue weighted by molar-refractivity contribution is 5.76. The van der Waals surface area contributed by atoms with Crippen LogP contribution in [0.15, 0.2) is 24.3 Å². The molecule has 1 aliphatic heterocycles. The lowest BCUT2D eigenvalue weighted by molar-refractivity contribution is -0.132. The minimum Gasteiger partial charge on any atom is -0.340 e. The molecule has 1 aliphatic rings. The molecule has 1 heterocycles. The molecule has 0 aromatic heterocycles. The lowest BCUT2D eigenvalue weighted by Crippen LogP contribution is -2.51. The van der Waals surface area contributed by atoms with E-state index in [1.807, 2.05) is 4.90 Å². The third kappa shape index (κ3) is 4.06. The second kappa shape index (κ2) is 6.71. The van der Waals surface area contributed by atoms with Crippen molar-refractivity contribution in [3.63, 3.8) is 0 Å². The lowest BCUT2D eigenvalue weighted by Gasteiger charge is -2.32. The minimum atomic E-state index is 0.285. The number of carbonyl (C=O) groups is 1. The number of aryl methyl sites for hydroxylation is 2. The van der Waals surface area contributed by atoms with Crippen molar-refractivity contribution in [1.82, 2.24) is 10.2 Å². The number of benzene rings is 1. The third-order valence-electron chi connectivity index (χ3n) is 3.78. The van der Waals surface area contributed by atoms with Crippen molar-refractivity contribution in [3.8, 4) is 0 Å². The number of rotatable bonds is 4. The van der Waals surface area contributed by atoms with Gasteiger partial charge in [-0.2, -0.15) is 0 Å². The molecule has 0 bridgehead atoms. The van der Waals surface area contributed by atoms with Gasteiger partial charge in [-0.25, -0.2) is 0 Å². The molecule has 0 aliphatic carbocycles. The molecule has 1 saturated heterocycles. The molecule has 1 N–H and O–H groups in total. The fourth-order valence-electron chi connectivity index (χ4n) is 2.51. The van der Waals surface area contributed by atoms with E-state index in [1.54, 1.807) is 0 Å². The van der Waals surface area contributed by atoms with Gasteiger partial charge in [0.15, 0.2) is 0 Å². The molecule has 1 aromatic carbocycles. The first-order valence-corrected chi connectivity index (χ1v) is 7.28. The van der Waals surface area contributed by atoms with Gasteiger partial charge in [-0.3, -0.25) is 4.79 Å². The number of piperazine rings is 1. The molecule has 19 heavy (non-hydrogen) atoms. The van der Waals surface area contributed by atoms with Crippen LogP contribution in [-0.4, -0.2) is 36.5 Å². The molecule has 3 heteroatoms. The third-order valence-corrected chi connectivity index (χ3v) is 3.78. The average Bonchev–Trinajstić information content (AvgIpc) is 2.45. The molecule has 1 unspecified atom stereocenters. The summed E-state index contributed by atoms with van der Waals surface area (Å²) >= 11 is 0. The van der Waals surface area contributed by atoms with Crippen LogP contribution in [0.4, 0.5) is 0 Å². The van der Waals surface area contributed by atoms with E-state index >= 15 is 0 Å². The van der Waals surface area contributed by atoms with E-state index in [9.17, 15) is 4.79 Å². The zero-order valence-electron chi connectivity index (χ0n) is 12.0. The van der Waals surface area contributed by atoms with E-state index in [2.05, 4.69) is 43.4 Å². The largest absolute Gasteiger partial charge is 0.340 e. The van der Waals surface area contributed by atoms with E-state index in [-0.39, 0.29) is 5.91 Å². The maximum absolute atomic E-state index is 12.1. The summed E-state index contributed by atoms with van der Waals surface area (Å²) in [5.74, 6) is 0.285. The molecule has 0 saturated carbocycles. The fourth-order valence-corrected chi connectivity index (χ4v) is 2.51. The SMILES string of the molecule is CCc1ccc(CCC(=O)N2CCNC(C)C2)cc1. The predicted octanol–water partition coefficient (Wildman–Crippen LogP) is 2.00. The Morgan fingerprint density at radius 2 is 2.00 bits per heavy atom. The Kier molecular flexibility index (Phi) is 4.97. The Hall–Kier alpha value is -1.35. The predicted molar refractivity (Wildman–Crippen MR) is 78.2 cm³/mol. The van der Waals surface area contributed by atoms with E-state index in [0.717, 1.165) is 32.5 Å². The number of nitrogens with one attached hydrogen (secondary N) is 1. The number of nitrogens with zero attached hydrogens (tertiary/aromatic N) is 1. The van der Waals surface area contributed by atoms with Crippen LogP contribution >= 0.6 is 0 Å². The summed E-state index contributed by atoms with van der Waals surface area (Å²) < 4.78 is 0. The molecule has 104 valence electrons. The minimum absolute atomic E-state index is 0.285. The molecule has 3 nitrogen and oxygen atoms in total. The van der Waals surface area contributed by atoms with Crippen LogP contribution in [0.3, 0.4) is 0 Å². The van der Waals surface area contributed by atoms with E-state index in [1.165, 1.54) is 11.1 Å². The Balaban J connectivity index is 1.82. The Morgan fingerprint density at radius 3 is 2.63 bits per heavy atom. The molecule has 2 rings (SSSR count). The van der Waals surface area contributed by atoms with Gasteiger partial charge in [0.2, 0.25) is 5.91 Å². The highest BCUT2D eigenvalue weighted by Crippen LogP contribution is 2.09. The molecule has 0 radical (unpaired) electrons. The molecule has 0 spiro atoms. The van der Waals surface area contributed by atoms with Crippen molar-refractivity contribution < 1.29 is 4.79 Å². The molecular weight excluding hydrogens is 236 g/mol. The van der Waals surface area contributed by atoms with Gasteiger partial charge in [-0.1, -0.05) is 31.2 Å². The van der Waals surface area contributed by atoms with E-state index < -0.39 is 0 Å².